The van der Waals surface area contributed by atoms with Gasteiger partial charge in [-0.1, -0.05) is 24.3 Å². The molecule has 3 aliphatic rings. The maximum absolute atomic E-state index is 12.6. The Morgan fingerprint density at radius 2 is 1.93 bits per heavy atom. The number of carbonyl (C=O) groups excluding carboxylic acids is 3. The van der Waals surface area contributed by atoms with Gasteiger partial charge in [0.05, 0.1) is 24.7 Å². The molecule has 0 aromatic heterocycles. The van der Waals surface area contributed by atoms with Crippen molar-refractivity contribution in [1.29, 1.82) is 0 Å². The molecule has 140 valence electrons. The molecule has 4 unspecified atom stereocenters. The molecule has 2 amide bonds. The second-order valence-electron chi connectivity index (χ2n) is 6.90. The number of allylic oxidation sites excluding steroid dienone is 2. The van der Waals surface area contributed by atoms with E-state index in [0.717, 1.165) is 11.4 Å². The molecule has 1 saturated carbocycles. The van der Waals surface area contributed by atoms with Gasteiger partial charge in [0.1, 0.15) is 5.75 Å². The van der Waals surface area contributed by atoms with Crippen LogP contribution in [0.2, 0.25) is 0 Å². The lowest BCUT2D eigenvalue weighted by Gasteiger charge is -2.13. The van der Waals surface area contributed by atoms with E-state index in [1.807, 2.05) is 0 Å². The second kappa shape index (κ2) is 6.98. The summed E-state index contributed by atoms with van der Waals surface area (Å²) in [5, 5.41) is 5.14. The number of nitrogens with zero attached hydrogens (tertiary/aromatic N) is 2. The van der Waals surface area contributed by atoms with Crippen molar-refractivity contribution in [2.45, 2.75) is 13.3 Å². The fraction of sp³-hybridized carbons (Fsp3) is 0.400. The monoisotopic (exact) mass is 368 g/mol. The molecule has 2 bridgehead atoms. The Hall–Kier alpha value is -2.96. The normalized spacial score (nSPS) is 28.3. The summed E-state index contributed by atoms with van der Waals surface area (Å²) in [7, 11) is 0. The molecule has 0 radical (unpaired) electrons. The van der Waals surface area contributed by atoms with Crippen LogP contribution in [0.4, 0.5) is 0 Å². The number of benzene rings is 1. The molecule has 1 aliphatic heterocycles. The van der Waals surface area contributed by atoms with E-state index in [1.165, 1.54) is 6.21 Å². The number of amides is 2. The summed E-state index contributed by atoms with van der Waals surface area (Å²) in [6.45, 7) is 1.84. The van der Waals surface area contributed by atoms with Gasteiger partial charge in [-0.3, -0.25) is 9.59 Å². The third-order valence-corrected chi connectivity index (χ3v) is 5.29. The minimum absolute atomic E-state index is 0.163. The molecule has 0 N–H and O–H groups in total. The average Bonchev–Trinajstić information content (AvgIpc) is 3.34. The van der Waals surface area contributed by atoms with Crippen molar-refractivity contribution in [2.24, 2.45) is 28.8 Å². The van der Waals surface area contributed by atoms with Crippen molar-refractivity contribution in [3.8, 4) is 5.75 Å². The Morgan fingerprint density at radius 1 is 1.22 bits per heavy atom. The molecule has 2 aliphatic carbocycles. The molecule has 1 saturated heterocycles. The average molecular weight is 368 g/mol. The second-order valence-corrected chi connectivity index (χ2v) is 6.90. The predicted octanol–water partition coefficient (Wildman–Crippen LogP) is 1.77. The summed E-state index contributed by atoms with van der Waals surface area (Å²) in [5.74, 6) is -0.592. The molecule has 27 heavy (non-hydrogen) atoms. The van der Waals surface area contributed by atoms with Crippen LogP contribution >= 0.6 is 0 Å². The molecule has 4 atom stereocenters. The van der Waals surface area contributed by atoms with Crippen LogP contribution in [-0.4, -0.2) is 42.2 Å². The number of ether oxygens (including phenoxy) is 2. The number of hydrogen-bond donors (Lipinski definition) is 0. The number of hydrazone groups is 1. The van der Waals surface area contributed by atoms with Crippen molar-refractivity contribution in [3.63, 3.8) is 0 Å². The van der Waals surface area contributed by atoms with E-state index in [0.29, 0.717) is 17.9 Å². The molecule has 7 heteroatoms. The summed E-state index contributed by atoms with van der Waals surface area (Å²) in [6, 6.07) is 6.91. The fourth-order valence-electron chi connectivity index (χ4n) is 4.15. The van der Waals surface area contributed by atoms with Gasteiger partial charge in [-0.15, -0.1) is 0 Å². The van der Waals surface area contributed by atoms with Gasteiger partial charge in [0, 0.05) is 0 Å². The van der Waals surface area contributed by atoms with Gasteiger partial charge in [-0.25, -0.2) is 4.79 Å². The number of rotatable bonds is 6. The largest absolute Gasteiger partial charge is 0.482 e. The smallest absolute Gasteiger partial charge is 0.344 e. The number of esters is 1. The molecular weight excluding hydrogens is 348 g/mol. The van der Waals surface area contributed by atoms with Crippen molar-refractivity contribution in [2.75, 3.05) is 13.2 Å². The van der Waals surface area contributed by atoms with Crippen molar-refractivity contribution < 1.29 is 23.9 Å². The van der Waals surface area contributed by atoms with Gasteiger partial charge in [0.2, 0.25) is 0 Å². The van der Waals surface area contributed by atoms with Crippen LogP contribution in [0.15, 0.2) is 41.5 Å². The molecule has 4 rings (SSSR count). The van der Waals surface area contributed by atoms with E-state index < -0.39 is 5.97 Å². The van der Waals surface area contributed by atoms with Crippen LogP contribution in [0.3, 0.4) is 0 Å². The predicted molar refractivity (Wildman–Crippen MR) is 95.7 cm³/mol. The third kappa shape index (κ3) is 3.13. The van der Waals surface area contributed by atoms with Gasteiger partial charge in [0.15, 0.2) is 6.61 Å². The third-order valence-electron chi connectivity index (χ3n) is 5.29. The Kier molecular flexibility index (Phi) is 4.51. The van der Waals surface area contributed by atoms with E-state index >= 15 is 0 Å². The summed E-state index contributed by atoms with van der Waals surface area (Å²) < 4.78 is 10.2. The SMILES string of the molecule is CCOC(=O)COc1cccc(C=NN2C(=O)C3C4C=CC(C4)C3C2=O)c1. The van der Waals surface area contributed by atoms with Gasteiger partial charge >= 0.3 is 5.97 Å². The lowest BCUT2D eigenvalue weighted by atomic mass is 9.85. The van der Waals surface area contributed by atoms with E-state index in [4.69, 9.17) is 9.47 Å². The number of hydrogen-bond acceptors (Lipinski definition) is 6. The van der Waals surface area contributed by atoms with E-state index in [9.17, 15) is 14.4 Å². The molecule has 1 heterocycles. The summed E-state index contributed by atoms with van der Waals surface area (Å²) in [4.78, 5) is 36.6. The highest BCUT2D eigenvalue weighted by Crippen LogP contribution is 2.52. The zero-order valence-electron chi connectivity index (χ0n) is 14.9. The Labute approximate surface area is 156 Å². The van der Waals surface area contributed by atoms with Crippen LogP contribution in [0.25, 0.3) is 0 Å². The van der Waals surface area contributed by atoms with Crippen molar-refractivity contribution in [1.82, 2.24) is 5.01 Å². The number of imide groups is 1. The summed E-state index contributed by atoms with van der Waals surface area (Å²) in [6.07, 6.45) is 6.46. The van der Waals surface area contributed by atoms with E-state index in [1.54, 1.807) is 31.2 Å². The zero-order chi connectivity index (χ0) is 19.0. The highest BCUT2D eigenvalue weighted by molar-refractivity contribution is 6.06. The molecule has 1 aromatic carbocycles. The lowest BCUT2D eigenvalue weighted by Crippen LogP contribution is -2.28. The Balaban J connectivity index is 1.43. The van der Waals surface area contributed by atoms with Crippen molar-refractivity contribution >= 4 is 24.0 Å². The first kappa shape index (κ1) is 17.5. The topological polar surface area (TPSA) is 85.3 Å². The molecule has 1 aromatic rings. The molecular formula is C20H20N2O5. The maximum Gasteiger partial charge on any atom is 0.344 e. The lowest BCUT2D eigenvalue weighted by molar-refractivity contribution is -0.145. The van der Waals surface area contributed by atoms with Crippen LogP contribution in [0, 0.1) is 23.7 Å². The van der Waals surface area contributed by atoms with Gasteiger partial charge < -0.3 is 9.47 Å². The fourth-order valence-corrected chi connectivity index (χ4v) is 4.15. The van der Waals surface area contributed by atoms with Crippen molar-refractivity contribution in [3.05, 3.63) is 42.0 Å². The summed E-state index contributed by atoms with van der Waals surface area (Å²) in [5.41, 5.74) is 0.662. The first-order valence-corrected chi connectivity index (χ1v) is 9.07. The highest BCUT2D eigenvalue weighted by Gasteiger charge is 2.59. The quantitative estimate of drug-likeness (QED) is 0.331. The maximum atomic E-state index is 12.6. The first-order chi connectivity index (χ1) is 13.1. The van der Waals surface area contributed by atoms with E-state index in [2.05, 4.69) is 17.3 Å². The molecule has 7 nitrogen and oxygen atoms in total. The van der Waals surface area contributed by atoms with Gasteiger partial charge in [0.25, 0.3) is 11.8 Å². The first-order valence-electron chi connectivity index (χ1n) is 9.07. The molecule has 2 fully saturated rings. The molecule has 0 spiro atoms. The summed E-state index contributed by atoms with van der Waals surface area (Å²) >= 11 is 0. The standard InChI is InChI=1S/C20H20N2O5/c1-2-26-16(23)11-27-15-5-3-4-12(8-15)10-21-22-19(24)17-13-6-7-14(9-13)18(17)20(22)25/h3-8,10,13-14,17-18H,2,9,11H2,1H3. The number of fused-ring (bicyclic) bond motifs is 5. The minimum Gasteiger partial charge on any atom is -0.482 e. The van der Waals surface area contributed by atoms with Crippen LogP contribution in [0.5, 0.6) is 5.75 Å². The van der Waals surface area contributed by atoms with Crippen LogP contribution in [0.1, 0.15) is 18.9 Å². The van der Waals surface area contributed by atoms with Crippen LogP contribution in [-0.2, 0) is 19.1 Å². The zero-order valence-corrected chi connectivity index (χ0v) is 14.9. The van der Waals surface area contributed by atoms with Gasteiger partial charge in [-0.05, 0) is 42.9 Å². The highest BCUT2D eigenvalue weighted by atomic mass is 16.6. The minimum atomic E-state index is -0.445. The Bertz CT molecular complexity index is 817. The number of carbonyl (C=O) groups is 3. The van der Waals surface area contributed by atoms with Crippen LogP contribution < -0.4 is 4.74 Å². The van der Waals surface area contributed by atoms with Gasteiger partial charge in [-0.2, -0.15) is 10.1 Å². The Morgan fingerprint density at radius 3 is 2.59 bits per heavy atom. The van der Waals surface area contributed by atoms with E-state index in [-0.39, 0.29) is 42.1 Å².